The highest BCUT2D eigenvalue weighted by Gasteiger charge is 2.17. The third-order valence-electron chi connectivity index (χ3n) is 7.50. The molecule has 0 aliphatic carbocycles. The van der Waals surface area contributed by atoms with Gasteiger partial charge in [0.1, 0.15) is 0 Å². The number of fused-ring (bicyclic) bond motifs is 4. The molecule has 0 aliphatic rings. The summed E-state index contributed by atoms with van der Waals surface area (Å²) in [7, 11) is 0. The topological polar surface area (TPSA) is 0 Å². The van der Waals surface area contributed by atoms with Crippen molar-refractivity contribution in [2.75, 3.05) is 0 Å². The molecule has 7 aromatic carbocycles. The molecule has 0 aromatic heterocycles. The first-order valence-electron chi connectivity index (χ1n) is 12.6. The summed E-state index contributed by atoms with van der Waals surface area (Å²) in [6, 6.07) is 44.9. The van der Waals surface area contributed by atoms with E-state index >= 15 is 0 Å². The Morgan fingerprint density at radius 3 is 1.19 bits per heavy atom. The highest BCUT2D eigenvalue weighted by atomic mass is 14.2. The molecule has 36 heavy (non-hydrogen) atoms. The molecule has 7 aromatic rings. The van der Waals surface area contributed by atoms with Crippen LogP contribution in [0, 0.1) is 13.8 Å². The van der Waals surface area contributed by atoms with Crippen molar-refractivity contribution >= 4 is 43.1 Å². The van der Waals surface area contributed by atoms with Crippen molar-refractivity contribution in [1.29, 1.82) is 0 Å². The van der Waals surface area contributed by atoms with E-state index in [9.17, 15) is 0 Å². The van der Waals surface area contributed by atoms with Crippen LogP contribution in [0.25, 0.3) is 65.3 Å². The maximum atomic E-state index is 2.36. The van der Waals surface area contributed by atoms with Crippen molar-refractivity contribution in [3.63, 3.8) is 0 Å². The van der Waals surface area contributed by atoms with Gasteiger partial charge >= 0.3 is 0 Å². The number of hydrogen-bond acceptors (Lipinski definition) is 0. The Morgan fingerprint density at radius 1 is 0.333 bits per heavy atom. The molecular formula is C36H26. The molecule has 7 rings (SSSR count). The van der Waals surface area contributed by atoms with E-state index in [2.05, 4.69) is 135 Å². The molecule has 0 heteroatoms. The van der Waals surface area contributed by atoms with Crippen molar-refractivity contribution in [3.8, 4) is 22.3 Å². The lowest BCUT2D eigenvalue weighted by atomic mass is 9.84. The molecule has 0 N–H and O–H groups in total. The summed E-state index contributed by atoms with van der Waals surface area (Å²) in [6.07, 6.45) is 0. The van der Waals surface area contributed by atoms with Gasteiger partial charge in [-0.1, -0.05) is 120 Å². The third-order valence-corrected chi connectivity index (χ3v) is 7.50. The molecular weight excluding hydrogens is 432 g/mol. The fraction of sp³-hybridized carbons (Fsp3) is 0.0556. The van der Waals surface area contributed by atoms with E-state index < -0.39 is 0 Å². The molecule has 0 bridgehead atoms. The van der Waals surface area contributed by atoms with E-state index in [0.29, 0.717) is 0 Å². The molecule has 0 unspecified atom stereocenters. The maximum absolute atomic E-state index is 2.36. The zero-order chi connectivity index (χ0) is 24.2. The zero-order valence-corrected chi connectivity index (χ0v) is 20.5. The van der Waals surface area contributed by atoms with E-state index in [4.69, 9.17) is 0 Å². The van der Waals surface area contributed by atoms with Crippen LogP contribution in [-0.4, -0.2) is 0 Å². The lowest BCUT2D eigenvalue weighted by Gasteiger charge is -2.19. The Balaban J connectivity index is 1.64. The van der Waals surface area contributed by atoms with Gasteiger partial charge in [0.05, 0.1) is 0 Å². The summed E-state index contributed by atoms with van der Waals surface area (Å²) in [5.74, 6) is 0. The maximum Gasteiger partial charge on any atom is -0.00260 e. The zero-order valence-electron chi connectivity index (χ0n) is 20.5. The van der Waals surface area contributed by atoms with Gasteiger partial charge in [-0.05, 0) is 91.3 Å². The molecule has 0 saturated heterocycles. The molecule has 0 radical (unpaired) electrons. The van der Waals surface area contributed by atoms with Crippen LogP contribution >= 0.6 is 0 Å². The normalized spacial score (nSPS) is 11.6. The summed E-state index contributed by atoms with van der Waals surface area (Å²) in [5.41, 5.74) is 7.73. The van der Waals surface area contributed by atoms with Crippen molar-refractivity contribution < 1.29 is 0 Å². The lowest BCUT2D eigenvalue weighted by molar-refractivity contribution is 1.49. The van der Waals surface area contributed by atoms with Crippen LogP contribution in [-0.2, 0) is 0 Å². The Hall–Kier alpha value is -4.42. The summed E-state index contributed by atoms with van der Waals surface area (Å²) in [5, 5.41) is 10.3. The van der Waals surface area contributed by atoms with Crippen molar-refractivity contribution in [2.24, 2.45) is 0 Å². The van der Waals surface area contributed by atoms with E-state index in [1.54, 1.807) is 0 Å². The van der Waals surface area contributed by atoms with Gasteiger partial charge < -0.3 is 0 Å². The molecule has 0 fully saturated rings. The first-order chi connectivity index (χ1) is 17.7. The van der Waals surface area contributed by atoms with E-state index in [0.717, 1.165) is 0 Å². The molecule has 0 amide bonds. The van der Waals surface area contributed by atoms with Crippen LogP contribution in [0.3, 0.4) is 0 Å². The molecule has 0 saturated carbocycles. The van der Waals surface area contributed by atoms with Gasteiger partial charge in [-0.25, -0.2) is 0 Å². The van der Waals surface area contributed by atoms with Crippen LogP contribution in [0.4, 0.5) is 0 Å². The van der Waals surface area contributed by atoms with Gasteiger partial charge in [0.2, 0.25) is 0 Å². The minimum atomic E-state index is 1.27. The van der Waals surface area contributed by atoms with Crippen LogP contribution in [0.1, 0.15) is 11.1 Å². The van der Waals surface area contributed by atoms with Crippen molar-refractivity contribution in [1.82, 2.24) is 0 Å². The summed E-state index contributed by atoms with van der Waals surface area (Å²) in [4.78, 5) is 0. The highest BCUT2D eigenvalue weighted by Crippen LogP contribution is 2.45. The predicted molar refractivity (Wildman–Crippen MR) is 157 cm³/mol. The number of benzene rings is 7. The van der Waals surface area contributed by atoms with Crippen LogP contribution in [0.5, 0.6) is 0 Å². The second kappa shape index (κ2) is 8.07. The average Bonchev–Trinajstić information content (AvgIpc) is 2.91. The fourth-order valence-corrected chi connectivity index (χ4v) is 5.77. The van der Waals surface area contributed by atoms with Crippen molar-refractivity contribution in [2.45, 2.75) is 13.8 Å². The van der Waals surface area contributed by atoms with Gasteiger partial charge in [-0.15, -0.1) is 0 Å². The van der Waals surface area contributed by atoms with E-state index in [1.807, 2.05) is 0 Å². The van der Waals surface area contributed by atoms with Crippen molar-refractivity contribution in [3.05, 3.63) is 132 Å². The lowest BCUT2D eigenvalue weighted by Crippen LogP contribution is -1.92. The van der Waals surface area contributed by atoms with Gasteiger partial charge in [0.25, 0.3) is 0 Å². The summed E-state index contributed by atoms with van der Waals surface area (Å²) in [6.45, 7) is 4.39. The fourth-order valence-electron chi connectivity index (χ4n) is 5.77. The molecule has 0 spiro atoms. The first-order valence-corrected chi connectivity index (χ1v) is 12.6. The Morgan fingerprint density at radius 2 is 0.750 bits per heavy atom. The van der Waals surface area contributed by atoms with Crippen LogP contribution in [0.15, 0.2) is 121 Å². The molecule has 0 aliphatic heterocycles. The Bertz CT molecular complexity index is 1810. The predicted octanol–water partition coefficient (Wildman–Crippen LogP) is 10.3. The van der Waals surface area contributed by atoms with E-state index in [1.165, 1.54) is 76.5 Å². The number of rotatable bonds is 2. The van der Waals surface area contributed by atoms with Crippen LogP contribution in [0.2, 0.25) is 0 Å². The Kier molecular flexibility index (Phi) is 4.69. The second-order valence-corrected chi connectivity index (χ2v) is 9.97. The Labute approximate surface area is 211 Å². The number of aryl methyl sites for hydroxylation is 2. The van der Waals surface area contributed by atoms with Crippen LogP contribution < -0.4 is 0 Å². The molecule has 0 nitrogen and oxygen atoms in total. The third kappa shape index (κ3) is 3.30. The van der Waals surface area contributed by atoms with Gasteiger partial charge in [-0.2, -0.15) is 0 Å². The molecule has 0 atom stereocenters. The summed E-state index contributed by atoms with van der Waals surface area (Å²) < 4.78 is 0. The standard InChI is InChI=1S/C36H26/c1-23-11-17-31-33(19-23)35(29-15-13-25-7-3-5-9-27(25)21-29)32-18-12-24(2)20-34(32)36(31)30-16-14-26-8-4-6-10-28(26)22-30/h3-22H,1-2H3. The first kappa shape index (κ1) is 20.9. The smallest absolute Gasteiger partial charge is 0.00260 e. The van der Waals surface area contributed by atoms with Gasteiger partial charge in [-0.3, -0.25) is 0 Å². The highest BCUT2D eigenvalue weighted by molar-refractivity contribution is 6.22. The average molecular weight is 459 g/mol. The van der Waals surface area contributed by atoms with E-state index in [-0.39, 0.29) is 0 Å². The monoisotopic (exact) mass is 458 g/mol. The van der Waals surface area contributed by atoms with Gasteiger partial charge in [0.15, 0.2) is 0 Å². The number of hydrogen-bond donors (Lipinski definition) is 0. The molecule has 0 heterocycles. The second-order valence-electron chi connectivity index (χ2n) is 9.97. The minimum absolute atomic E-state index is 1.27. The minimum Gasteiger partial charge on any atom is -0.0616 e. The summed E-state index contributed by atoms with van der Waals surface area (Å²) >= 11 is 0. The van der Waals surface area contributed by atoms with Gasteiger partial charge in [0, 0.05) is 0 Å². The SMILES string of the molecule is Cc1ccc2c(-c3ccc4ccccc4c3)c3cc(C)ccc3c(-c3ccc4ccccc4c3)c2c1. The molecule has 170 valence electrons. The quantitative estimate of drug-likeness (QED) is 0.226. The largest absolute Gasteiger partial charge is 0.0616 e.